The molecule has 1 aromatic rings. The first-order chi connectivity index (χ1) is 8.56. The third kappa shape index (κ3) is 1.96. The van der Waals surface area contributed by atoms with Gasteiger partial charge in [0, 0.05) is 13.6 Å². The Morgan fingerprint density at radius 1 is 1.56 bits per heavy atom. The number of nitrogens with zero attached hydrogens (tertiary/aromatic N) is 4. The van der Waals surface area contributed by atoms with Gasteiger partial charge < -0.3 is 9.64 Å². The molecule has 98 valence electrons. The minimum Gasteiger partial charge on any atom is -0.461 e. The fourth-order valence-corrected chi connectivity index (χ4v) is 2.06. The molecule has 1 unspecified atom stereocenters. The Labute approximate surface area is 105 Å². The monoisotopic (exact) mass is 252 g/mol. The molecule has 7 heteroatoms. The number of aromatic nitrogens is 3. The van der Waals surface area contributed by atoms with E-state index >= 15 is 0 Å². The molecule has 0 aliphatic carbocycles. The van der Waals surface area contributed by atoms with Crippen LogP contribution in [0.4, 0.5) is 0 Å². The van der Waals surface area contributed by atoms with Gasteiger partial charge >= 0.3 is 5.97 Å². The highest BCUT2D eigenvalue weighted by Crippen LogP contribution is 2.23. The zero-order valence-corrected chi connectivity index (χ0v) is 10.7. The van der Waals surface area contributed by atoms with Gasteiger partial charge in [0.05, 0.1) is 12.3 Å². The summed E-state index contributed by atoms with van der Waals surface area (Å²) in [5.74, 6) is -0.501. The van der Waals surface area contributed by atoms with Gasteiger partial charge in [-0.05, 0) is 20.3 Å². The van der Waals surface area contributed by atoms with Crippen LogP contribution in [0.3, 0.4) is 0 Å². The van der Waals surface area contributed by atoms with Crippen molar-refractivity contribution in [3.05, 3.63) is 11.4 Å². The number of amides is 1. The van der Waals surface area contributed by atoms with E-state index in [9.17, 15) is 9.59 Å². The minimum atomic E-state index is -0.500. The van der Waals surface area contributed by atoms with Gasteiger partial charge in [0.1, 0.15) is 6.04 Å². The number of hydrogen-bond acceptors (Lipinski definition) is 5. The maximum absolute atomic E-state index is 11.9. The molecule has 1 atom stereocenters. The molecule has 0 spiro atoms. The van der Waals surface area contributed by atoms with Crippen molar-refractivity contribution < 1.29 is 14.3 Å². The fraction of sp³-hybridized carbons (Fsp3) is 0.636. The van der Waals surface area contributed by atoms with E-state index in [0.717, 1.165) is 0 Å². The highest BCUT2D eigenvalue weighted by Gasteiger charge is 2.33. The summed E-state index contributed by atoms with van der Waals surface area (Å²) >= 11 is 0. The summed E-state index contributed by atoms with van der Waals surface area (Å²) in [6.45, 7) is 4.43. The first-order valence-electron chi connectivity index (χ1n) is 5.90. The molecule has 0 saturated carbocycles. The van der Waals surface area contributed by atoms with Crippen LogP contribution in [0.5, 0.6) is 0 Å². The first-order valence-corrected chi connectivity index (χ1v) is 5.90. The van der Waals surface area contributed by atoms with Crippen LogP contribution in [0.25, 0.3) is 0 Å². The Kier molecular flexibility index (Phi) is 3.31. The largest absolute Gasteiger partial charge is 0.461 e. The quantitative estimate of drug-likeness (QED) is 0.716. The van der Waals surface area contributed by atoms with E-state index in [1.54, 1.807) is 25.8 Å². The third-order valence-electron chi connectivity index (χ3n) is 3.09. The summed E-state index contributed by atoms with van der Waals surface area (Å²) in [6, 6.07) is -0.356. The predicted octanol–water partition coefficient (Wildman–Crippen LogP) is 0.166. The molecule has 0 aromatic carbocycles. The number of rotatable bonds is 3. The lowest BCUT2D eigenvalue weighted by molar-refractivity contribution is -0.129. The minimum absolute atomic E-state index is 0.00147. The number of ether oxygens (including phenoxy) is 1. The van der Waals surface area contributed by atoms with E-state index in [1.807, 2.05) is 0 Å². The van der Waals surface area contributed by atoms with Gasteiger partial charge in [-0.15, -0.1) is 5.10 Å². The Morgan fingerprint density at radius 3 is 2.83 bits per heavy atom. The third-order valence-corrected chi connectivity index (χ3v) is 3.09. The van der Waals surface area contributed by atoms with Crippen LogP contribution in [0.1, 0.15) is 35.6 Å². The van der Waals surface area contributed by atoms with E-state index < -0.39 is 5.97 Å². The number of hydrogen-bond donors (Lipinski definition) is 0. The maximum atomic E-state index is 11.9. The number of carbonyl (C=O) groups excluding carboxylic acids is 2. The Bertz CT molecular complexity index is 483. The van der Waals surface area contributed by atoms with Crippen LogP contribution >= 0.6 is 0 Å². The first kappa shape index (κ1) is 12.5. The van der Waals surface area contributed by atoms with Gasteiger partial charge in [-0.3, -0.25) is 4.79 Å². The molecule has 0 bridgehead atoms. The molecule has 18 heavy (non-hydrogen) atoms. The molecule has 2 heterocycles. The summed E-state index contributed by atoms with van der Waals surface area (Å²) in [5, 5.41) is 7.71. The number of carbonyl (C=O) groups is 2. The second kappa shape index (κ2) is 4.75. The Balaban J connectivity index is 2.26. The van der Waals surface area contributed by atoms with Gasteiger partial charge in [-0.1, -0.05) is 5.21 Å². The van der Waals surface area contributed by atoms with E-state index in [1.165, 1.54) is 4.68 Å². The summed E-state index contributed by atoms with van der Waals surface area (Å²) < 4.78 is 6.39. The van der Waals surface area contributed by atoms with Gasteiger partial charge in [0.25, 0.3) is 0 Å². The molecule has 1 saturated heterocycles. The molecule has 1 amide bonds. The van der Waals surface area contributed by atoms with Gasteiger partial charge in [-0.2, -0.15) is 0 Å². The standard InChI is InChI=1S/C11H16N4O3/c1-4-18-11(17)9-7(2)15(13-12-9)8-5-6-14(3)10(8)16/h8H,4-6H2,1-3H3. The average molecular weight is 252 g/mol. The molecule has 0 radical (unpaired) electrons. The van der Waals surface area contributed by atoms with E-state index in [4.69, 9.17) is 4.74 Å². The number of esters is 1. The average Bonchev–Trinajstić information content (AvgIpc) is 2.85. The fourth-order valence-electron chi connectivity index (χ4n) is 2.06. The highest BCUT2D eigenvalue weighted by atomic mass is 16.5. The number of likely N-dealkylation sites (N-methyl/N-ethyl adjacent to an activating group) is 1. The van der Waals surface area contributed by atoms with Crippen LogP contribution < -0.4 is 0 Å². The lowest BCUT2D eigenvalue weighted by Gasteiger charge is -2.11. The second-order valence-corrected chi connectivity index (χ2v) is 4.25. The zero-order valence-electron chi connectivity index (χ0n) is 10.7. The van der Waals surface area contributed by atoms with Crippen molar-refractivity contribution in [2.75, 3.05) is 20.2 Å². The summed E-state index contributed by atoms with van der Waals surface area (Å²) in [4.78, 5) is 25.1. The van der Waals surface area contributed by atoms with Crippen LogP contribution in [0.2, 0.25) is 0 Å². The molecular formula is C11H16N4O3. The van der Waals surface area contributed by atoms with E-state index in [-0.39, 0.29) is 24.2 Å². The lowest BCUT2D eigenvalue weighted by atomic mass is 10.2. The molecule has 1 aliphatic heterocycles. The smallest absolute Gasteiger partial charge is 0.360 e. The maximum Gasteiger partial charge on any atom is 0.360 e. The molecule has 2 rings (SSSR count). The zero-order chi connectivity index (χ0) is 13.3. The van der Waals surface area contributed by atoms with Crippen molar-refractivity contribution in [2.24, 2.45) is 0 Å². The molecule has 0 N–H and O–H groups in total. The van der Waals surface area contributed by atoms with Crippen LogP contribution in [-0.4, -0.2) is 52.0 Å². The van der Waals surface area contributed by atoms with Gasteiger partial charge in [0.15, 0.2) is 5.69 Å². The predicted molar refractivity (Wildman–Crippen MR) is 62.0 cm³/mol. The molecular weight excluding hydrogens is 236 g/mol. The summed E-state index contributed by atoms with van der Waals surface area (Å²) in [7, 11) is 1.75. The van der Waals surface area contributed by atoms with E-state index in [0.29, 0.717) is 18.7 Å². The number of likely N-dealkylation sites (tertiary alicyclic amines) is 1. The van der Waals surface area contributed by atoms with Crippen LogP contribution in [-0.2, 0) is 9.53 Å². The molecule has 7 nitrogen and oxygen atoms in total. The van der Waals surface area contributed by atoms with Crippen LogP contribution in [0, 0.1) is 6.92 Å². The van der Waals surface area contributed by atoms with Crippen molar-refractivity contribution in [3.63, 3.8) is 0 Å². The van der Waals surface area contributed by atoms with Crippen LogP contribution in [0.15, 0.2) is 0 Å². The normalized spacial score (nSPS) is 19.4. The lowest BCUT2D eigenvalue weighted by Crippen LogP contribution is -2.25. The van der Waals surface area contributed by atoms with Crippen molar-refractivity contribution in [3.8, 4) is 0 Å². The molecule has 1 fully saturated rings. The Morgan fingerprint density at radius 2 is 2.28 bits per heavy atom. The topological polar surface area (TPSA) is 77.3 Å². The second-order valence-electron chi connectivity index (χ2n) is 4.25. The van der Waals surface area contributed by atoms with Crippen molar-refractivity contribution in [1.82, 2.24) is 19.9 Å². The van der Waals surface area contributed by atoms with Crippen molar-refractivity contribution in [2.45, 2.75) is 26.3 Å². The van der Waals surface area contributed by atoms with Crippen molar-refractivity contribution >= 4 is 11.9 Å². The summed E-state index contributed by atoms with van der Waals surface area (Å²) in [5.41, 5.74) is 0.751. The van der Waals surface area contributed by atoms with E-state index in [2.05, 4.69) is 10.3 Å². The SMILES string of the molecule is CCOC(=O)c1nnn(C2CCN(C)C2=O)c1C. The molecule has 1 aromatic heterocycles. The van der Waals surface area contributed by atoms with Gasteiger partial charge in [-0.25, -0.2) is 9.48 Å². The highest BCUT2D eigenvalue weighted by molar-refractivity contribution is 5.88. The van der Waals surface area contributed by atoms with Gasteiger partial charge in [0.2, 0.25) is 5.91 Å². The molecule has 1 aliphatic rings. The summed E-state index contributed by atoms with van der Waals surface area (Å²) in [6.07, 6.45) is 0.682. The Hall–Kier alpha value is -1.92. The van der Waals surface area contributed by atoms with Crippen molar-refractivity contribution in [1.29, 1.82) is 0 Å².